The standard InChI is InChI=1S/C30H27N5O3/c1-17(36)30-15-21(30)25(26(37)27(30)38)35-16-31-24-28(32-22-14-20(22)19-10-6-3-7-11-19)33-23(34-29(24)35)13-12-18-8-4-2-5-9-18/h2-11,16,20-22,25-27,37-38H,14-15H2,1H3,(H,32,33,34)/t20-,21?,22?,25+,26-,27?,30-/m0/s1. The summed E-state index contributed by atoms with van der Waals surface area (Å²) in [5.41, 5.74) is 2.35. The smallest absolute Gasteiger partial charge is 0.209 e. The Morgan fingerprint density at radius 3 is 2.50 bits per heavy atom. The van der Waals surface area contributed by atoms with E-state index in [-0.39, 0.29) is 17.7 Å². The molecule has 3 fully saturated rings. The minimum absolute atomic E-state index is 0.0898. The summed E-state index contributed by atoms with van der Waals surface area (Å²) in [5, 5.41) is 25.3. The van der Waals surface area contributed by atoms with Crippen molar-refractivity contribution in [1.82, 2.24) is 19.5 Å². The Morgan fingerprint density at radius 2 is 1.79 bits per heavy atom. The number of carbonyl (C=O) groups excluding carboxylic acids is 1. The predicted octanol–water partition coefficient (Wildman–Crippen LogP) is 3.07. The summed E-state index contributed by atoms with van der Waals surface area (Å²) < 4.78 is 1.80. The van der Waals surface area contributed by atoms with E-state index >= 15 is 0 Å². The SMILES string of the molecule is CC(=O)[C@@]12CC1[C@@H](n1cnc3c(NC4C[C@H]4c4ccccc4)nc(C#Cc4ccccc4)nc31)[C@H](O)C2O. The number of nitrogens with one attached hydrogen (secondary N) is 1. The highest BCUT2D eigenvalue weighted by molar-refractivity contribution is 5.88. The summed E-state index contributed by atoms with van der Waals surface area (Å²) in [7, 11) is 0. The largest absolute Gasteiger partial charge is 0.389 e. The third-order valence-corrected chi connectivity index (χ3v) is 8.50. The summed E-state index contributed by atoms with van der Waals surface area (Å²) in [6.07, 6.45) is 0.962. The molecule has 8 nitrogen and oxygen atoms in total. The minimum Gasteiger partial charge on any atom is -0.389 e. The lowest BCUT2D eigenvalue weighted by Crippen LogP contribution is -2.36. The van der Waals surface area contributed by atoms with Crippen molar-refractivity contribution in [2.75, 3.05) is 5.32 Å². The minimum atomic E-state index is -1.11. The quantitative estimate of drug-likeness (QED) is 0.357. The van der Waals surface area contributed by atoms with Gasteiger partial charge in [-0.05, 0) is 49.3 Å². The maximum Gasteiger partial charge on any atom is 0.209 e. The van der Waals surface area contributed by atoms with Gasteiger partial charge in [0.2, 0.25) is 5.82 Å². The van der Waals surface area contributed by atoms with Crippen LogP contribution in [0.25, 0.3) is 11.2 Å². The van der Waals surface area contributed by atoms with Crippen molar-refractivity contribution in [3.8, 4) is 11.8 Å². The maximum atomic E-state index is 12.4. The summed E-state index contributed by atoms with van der Waals surface area (Å²) >= 11 is 0. The van der Waals surface area contributed by atoms with Crippen LogP contribution in [0, 0.1) is 23.2 Å². The second-order valence-electron chi connectivity index (χ2n) is 10.7. The summed E-state index contributed by atoms with van der Waals surface area (Å²) in [6, 6.07) is 19.7. The molecular weight excluding hydrogens is 478 g/mol. The molecule has 3 N–H and O–H groups in total. The molecule has 2 aromatic carbocycles. The summed E-state index contributed by atoms with van der Waals surface area (Å²) in [4.78, 5) is 26.5. The van der Waals surface area contributed by atoms with Crippen molar-refractivity contribution >= 4 is 22.8 Å². The van der Waals surface area contributed by atoms with Gasteiger partial charge in [-0.1, -0.05) is 54.5 Å². The number of hydrogen-bond acceptors (Lipinski definition) is 7. The third kappa shape index (κ3) is 3.54. The Bertz CT molecular complexity index is 1610. The normalized spacial score (nSPS) is 30.8. The van der Waals surface area contributed by atoms with Crippen LogP contribution < -0.4 is 5.32 Å². The number of imidazole rings is 1. The number of Topliss-reactive ketones (excluding diaryl/α,β-unsaturated/α-hetero) is 1. The Labute approximate surface area is 219 Å². The first-order valence-electron chi connectivity index (χ1n) is 13.0. The first-order chi connectivity index (χ1) is 18.5. The molecule has 2 heterocycles. The van der Waals surface area contributed by atoms with Crippen LogP contribution >= 0.6 is 0 Å². The van der Waals surface area contributed by atoms with E-state index in [1.165, 1.54) is 12.5 Å². The Morgan fingerprint density at radius 1 is 1.05 bits per heavy atom. The predicted molar refractivity (Wildman–Crippen MR) is 141 cm³/mol. The third-order valence-electron chi connectivity index (χ3n) is 8.50. The van der Waals surface area contributed by atoms with Crippen molar-refractivity contribution in [3.05, 3.63) is 83.9 Å². The lowest BCUT2D eigenvalue weighted by Gasteiger charge is -2.23. The molecule has 7 atom stereocenters. The molecule has 4 aromatic rings. The van der Waals surface area contributed by atoms with Gasteiger partial charge in [-0.3, -0.25) is 4.79 Å². The number of benzene rings is 2. The van der Waals surface area contributed by atoms with E-state index in [4.69, 9.17) is 9.97 Å². The molecule has 3 aliphatic carbocycles. The van der Waals surface area contributed by atoms with Crippen LogP contribution in [0.5, 0.6) is 0 Å². The van der Waals surface area contributed by atoms with Crippen LogP contribution in [0.1, 0.15) is 48.7 Å². The Balaban J connectivity index is 1.28. The number of nitrogens with zero attached hydrogens (tertiary/aromatic N) is 4. The number of ketones is 1. The van der Waals surface area contributed by atoms with Crippen molar-refractivity contribution in [2.24, 2.45) is 11.3 Å². The molecule has 8 heteroatoms. The molecule has 0 spiro atoms. The molecule has 0 bridgehead atoms. The first-order valence-corrected chi connectivity index (χ1v) is 13.0. The van der Waals surface area contributed by atoms with Gasteiger partial charge in [0.1, 0.15) is 11.9 Å². The summed E-state index contributed by atoms with van der Waals surface area (Å²) in [6.45, 7) is 1.49. The number of aliphatic hydroxyl groups excluding tert-OH is 2. The zero-order valence-corrected chi connectivity index (χ0v) is 20.8. The van der Waals surface area contributed by atoms with Gasteiger partial charge < -0.3 is 20.1 Å². The van der Waals surface area contributed by atoms with Crippen molar-refractivity contribution in [2.45, 2.75) is 50.0 Å². The Kier molecular flexibility index (Phi) is 5.15. The van der Waals surface area contributed by atoms with E-state index in [9.17, 15) is 15.0 Å². The van der Waals surface area contributed by atoms with E-state index < -0.39 is 23.7 Å². The van der Waals surface area contributed by atoms with Gasteiger partial charge in [-0.2, -0.15) is 0 Å². The topological polar surface area (TPSA) is 113 Å². The number of carbonyl (C=O) groups is 1. The van der Waals surface area contributed by atoms with Crippen LogP contribution in [-0.2, 0) is 4.79 Å². The second-order valence-corrected chi connectivity index (χ2v) is 10.7. The highest BCUT2D eigenvalue weighted by Crippen LogP contribution is 2.68. The molecule has 0 saturated heterocycles. The van der Waals surface area contributed by atoms with Crippen LogP contribution in [-0.4, -0.2) is 53.8 Å². The molecule has 2 aromatic heterocycles. The zero-order valence-electron chi connectivity index (χ0n) is 20.8. The number of aromatic nitrogens is 4. The van der Waals surface area contributed by atoms with Gasteiger partial charge in [0.25, 0.3) is 0 Å². The molecule has 0 aliphatic heterocycles. The van der Waals surface area contributed by atoms with Gasteiger partial charge in [0, 0.05) is 17.5 Å². The van der Waals surface area contributed by atoms with Gasteiger partial charge in [0.15, 0.2) is 17.0 Å². The highest BCUT2D eigenvalue weighted by atomic mass is 16.3. The number of aliphatic hydroxyl groups is 2. The highest BCUT2D eigenvalue weighted by Gasteiger charge is 2.74. The molecule has 3 aliphatic rings. The van der Waals surface area contributed by atoms with Crippen molar-refractivity contribution < 1.29 is 15.0 Å². The monoisotopic (exact) mass is 505 g/mol. The van der Waals surface area contributed by atoms with Crippen molar-refractivity contribution in [1.29, 1.82) is 0 Å². The fraction of sp³-hybridized carbons (Fsp3) is 0.333. The van der Waals surface area contributed by atoms with Crippen molar-refractivity contribution in [3.63, 3.8) is 0 Å². The Hall–Kier alpha value is -4.06. The maximum absolute atomic E-state index is 12.4. The fourth-order valence-corrected chi connectivity index (χ4v) is 6.31. The number of rotatable bonds is 5. The fourth-order valence-electron chi connectivity index (χ4n) is 6.31. The van der Waals surface area contributed by atoms with E-state index in [0.717, 1.165) is 12.0 Å². The molecule has 38 heavy (non-hydrogen) atoms. The lowest BCUT2D eigenvalue weighted by molar-refractivity contribution is -0.128. The van der Waals surface area contributed by atoms with Crippen LogP contribution in [0.2, 0.25) is 0 Å². The molecule has 0 radical (unpaired) electrons. The molecule has 3 unspecified atom stereocenters. The lowest BCUT2D eigenvalue weighted by atomic mass is 9.95. The molecule has 190 valence electrons. The average Bonchev–Trinajstić information content (AvgIpc) is 3.82. The first kappa shape index (κ1) is 23.1. The van der Waals surface area contributed by atoms with Gasteiger partial charge in [0.05, 0.1) is 23.9 Å². The van der Waals surface area contributed by atoms with E-state index in [1.807, 2.05) is 48.5 Å². The molecular formula is C30H27N5O3. The van der Waals surface area contributed by atoms with Gasteiger partial charge in [-0.25, -0.2) is 15.0 Å². The van der Waals surface area contributed by atoms with Gasteiger partial charge >= 0.3 is 0 Å². The molecule has 0 amide bonds. The number of hydrogen-bond donors (Lipinski definition) is 3. The van der Waals surface area contributed by atoms with E-state index in [2.05, 4.69) is 34.3 Å². The number of anilines is 1. The second kappa shape index (κ2) is 8.48. The summed E-state index contributed by atoms with van der Waals surface area (Å²) in [5.74, 6) is 7.27. The molecule has 3 saturated carbocycles. The van der Waals surface area contributed by atoms with Gasteiger partial charge in [-0.15, -0.1) is 0 Å². The van der Waals surface area contributed by atoms with Crippen LogP contribution in [0.4, 0.5) is 5.82 Å². The number of fused-ring (bicyclic) bond motifs is 2. The van der Waals surface area contributed by atoms with Crippen LogP contribution in [0.3, 0.4) is 0 Å². The average molecular weight is 506 g/mol. The zero-order chi connectivity index (χ0) is 26.0. The molecule has 7 rings (SSSR count). The van der Waals surface area contributed by atoms with E-state index in [0.29, 0.717) is 35.1 Å². The van der Waals surface area contributed by atoms with E-state index in [1.54, 1.807) is 10.9 Å². The van der Waals surface area contributed by atoms with Crippen LogP contribution in [0.15, 0.2) is 67.0 Å².